The number of hydrogen-bond donors (Lipinski definition) is 2. The fourth-order valence-electron chi connectivity index (χ4n) is 1.68. The Balaban J connectivity index is 2.05. The van der Waals surface area contributed by atoms with Crippen molar-refractivity contribution in [2.75, 3.05) is 24.2 Å². The Morgan fingerprint density at radius 2 is 2.28 bits per heavy atom. The molecule has 0 atom stereocenters. The number of nitrogen functional groups attached to an aromatic ring is 1. The number of amides is 1. The molecule has 1 aromatic carbocycles. The summed E-state index contributed by atoms with van der Waals surface area (Å²) in [6, 6.07) is 3.16. The second kappa shape index (κ2) is 5.14. The second-order valence-electron chi connectivity index (χ2n) is 4.52. The van der Waals surface area contributed by atoms with Gasteiger partial charge in [-0.05, 0) is 34.8 Å². The van der Waals surface area contributed by atoms with E-state index in [2.05, 4.69) is 21.2 Å². The Kier molecular flexibility index (Phi) is 3.75. The minimum atomic E-state index is -0.410. The fourth-order valence-corrected chi connectivity index (χ4v) is 2.02. The van der Waals surface area contributed by atoms with E-state index in [1.54, 1.807) is 18.0 Å². The predicted octanol–water partition coefficient (Wildman–Crippen LogP) is 1.89. The number of nitrogens with one attached hydrogen (secondary N) is 1. The van der Waals surface area contributed by atoms with Crippen molar-refractivity contribution in [1.29, 1.82) is 0 Å². The van der Waals surface area contributed by atoms with Gasteiger partial charge >= 0.3 is 0 Å². The van der Waals surface area contributed by atoms with E-state index >= 15 is 0 Å². The van der Waals surface area contributed by atoms with E-state index in [-0.39, 0.29) is 12.5 Å². The molecule has 0 aliphatic heterocycles. The van der Waals surface area contributed by atoms with Crippen LogP contribution >= 0.6 is 15.9 Å². The van der Waals surface area contributed by atoms with E-state index in [1.807, 2.05) is 0 Å². The monoisotopic (exact) mass is 315 g/mol. The van der Waals surface area contributed by atoms with Crippen molar-refractivity contribution in [3.63, 3.8) is 0 Å². The van der Waals surface area contributed by atoms with Crippen molar-refractivity contribution in [2.24, 2.45) is 0 Å². The number of carbonyl (C=O) groups is 1. The molecule has 1 aromatic rings. The van der Waals surface area contributed by atoms with Gasteiger partial charge in [-0.3, -0.25) is 4.79 Å². The summed E-state index contributed by atoms with van der Waals surface area (Å²) in [7, 11) is 1.75. The van der Waals surface area contributed by atoms with Gasteiger partial charge in [0.1, 0.15) is 5.82 Å². The lowest BCUT2D eigenvalue weighted by molar-refractivity contribution is -0.119. The highest BCUT2D eigenvalue weighted by Gasteiger charge is 2.23. The van der Waals surface area contributed by atoms with Gasteiger partial charge in [-0.1, -0.05) is 0 Å². The molecule has 0 aromatic heterocycles. The summed E-state index contributed by atoms with van der Waals surface area (Å²) in [6.07, 6.45) is 2.11. The molecule has 3 N–H and O–H groups in total. The number of likely N-dealkylation sites (N-methyl/N-ethyl adjacent to an activating group) is 1. The van der Waals surface area contributed by atoms with E-state index in [1.165, 1.54) is 6.07 Å². The Hall–Kier alpha value is -1.30. The first-order chi connectivity index (χ1) is 8.47. The zero-order valence-electron chi connectivity index (χ0n) is 10.0. The number of nitrogens with two attached hydrogens (primary N) is 1. The van der Waals surface area contributed by atoms with E-state index < -0.39 is 5.82 Å². The van der Waals surface area contributed by atoms with Crippen LogP contribution < -0.4 is 16.0 Å². The Labute approximate surface area is 113 Å². The lowest BCUT2D eigenvalue weighted by atomic mass is 10.2. The minimum Gasteiger partial charge on any atom is -0.397 e. The molecule has 2 rings (SSSR count). The third-order valence-corrected chi connectivity index (χ3v) is 3.41. The number of benzene rings is 1. The highest BCUT2D eigenvalue weighted by Crippen LogP contribution is 2.29. The molecule has 18 heavy (non-hydrogen) atoms. The fraction of sp³-hybridized carbons (Fsp3) is 0.417. The van der Waals surface area contributed by atoms with Gasteiger partial charge in [-0.2, -0.15) is 0 Å². The minimum absolute atomic E-state index is 0.0418. The first kappa shape index (κ1) is 13.1. The van der Waals surface area contributed by atoms with E-state index in [9.17, 15) is 9.18 Å². The lowest BCUT2D eigenvalue weighted by Crippen LogP contribution is -2.36. The predicted molar refractivity (Wildman–Crippen MR) is 72.9 cm³/mol. The molecule has 0 saturated heterocycles. The Morgan fingerprint density at radius 3 is 2.89 bits per heavy atom. The summed E-state index contributed by atoms with van der Waals surface area (Å²) in [5, 5.41) is 2.89. The van der Waals surface area contributed by atoms with Crippen molar-refractivity contribution in [1.82, 2.24) is 5.32 Å². The van der Waals surface area contributed by atoms with Gasteiger partial charge in [0.25, 0.3) is 0 Å². The third-order valence-electron chi connectivity index (χ3n) is 2.80. The van der Waals surface area contributed by atoms with Crippen LogP contribution in [0.1, 0.15) is 12.8 Å². The number of hydrogen-bond acceptors (Lipinski definition) is 3. The summed E-state index contributed by atoms with van der Waals surface area (Å²) in [4.78, 5) is 13.4. The maximum atomic E-state index is 13.2. The molecule has 1 fully saturated rings. The second-order valence-corrected chi connectivity index (χ2v) is 5.38. The van der Waals surface area contributed by atoms with E-state index in [0.717, 1.165) is 12.8 Å². The van der Waals surface area contributed by atoms with Gasteiger partial charge in [0.2, 0.25) is 5.91 Å². The van der Waals surface area contributed by atoms with Crippen molar-refractivity contribution >= 4 is 33.2 Å². The molecule has 1 amide bonds. The highest BCUT2D eigenvalue weighted by atomic mass is 79.9. The largest absolute Gasteiger partial charge is 0.397 e. The van der Waals surface area contributed by atoms with E-state index in [0.29, 0.717) is 21.9 Å². The molecule has 0 radical (unpaired) electrons. The molecule has 1 aliphatic rings. The molecule has 0 bridgehead atoms. The molecule has 0 heterocycles. The molecule has 0 unspecified atom stereocenters. The van der Waals surface area contributed by atoms with Crippen LogP contribution in [0.15, 0.2) is 16.6 Å². The van der Waals surface area contributed by atoms with Crippen LogP contribution in [0.5, 0.6) is 0 Å². The van der Waals surface area contributed by atoms with Crippen molar-refractivity contribution < 1.29 is 9.18 Å². The molecule has 4 nitrogen and oxygen atoms in total. The summed E-state index contributed by atoms with van der Waals surface area (Å²) in [6.45, 7) is 0.207. The van der Waals surface area contributed by atoms with Gasteiger partial charge in [0, 0.05) is 19.2 Å². The average Bonchev–Trinajstić information content (AvgIpc) is 3.06. The molecular weight excluding hydrogens is 301 g/mol. The van der Waals surface area contributed by atoms with Crippen LogP contribution in [0.3, 0.4) is 0 Å². The molecular formula is C12H15BrFN3O. The summed E-state index contributed by atoms with van der Waals surface area (Å²) >= 11 is 3.11. The van der Waals surface area contributed by atoms with Crippen LogP contribution in [-0.2, 0) is 4.79 Å². The molecule has 6 heteroatoms. The van der Waals surface area contributed by atoms with Crippen molar-refractivity contribution in [3.8, 4) is 0 Å². The number of carbonyl (C=O) groups excluding carboxylic acids is 1. The smallest absolute Gasteiger partial charge is 0.239 e. The maximum absolute atomic E-state index is 13.2. The van der Waals surface area contributed by atoms with Crippen molar-refractivity contribution in [3.05, 3.63) is 22.4 Å². The number of halogens is 2. The molecule has 0 spiro atoms. The van der Waals surface area contributed by atoms with Gasteiger partial charge in [-0.25, -0.2) is 4.39 Å². The van der Waals surface area contributed by atoms with Gasteiger partial charge in [0.15, 0.2) is 0 Å². The number of rotatable bonds is 4. The normalized spacial score (nSPS) is 14.4. The van der Waals surface area contributed by atoms with Crippen LogP contribution in [0.25, 0.3) is 0 Å². The first-order valence-corrected chi connectivity index (χ1v) is 6.51. The standard InChI is InChI=1S/C12H15BrFN3O/c1-17(6-12(18)16-7-2-3-7)11-4-8(13)9(14)5-10(11)15/h4-5,7H,2-3,6,15H2,1H3,(H,16,18). The SMILES string of the molecule is CN(CC(=O)NC1CC1)c1cc(Br)c(F)cc1N. The molecule has 1 saturated carbocycles. The zero-order chi connectivity index (χ0) is 13.3. The van der Waals surface area contributed by atoms with Crippen LogP contribution in [0.2, 0.25) is 0 Å². The highest BCUT2D eigenvalue weighted by molar-refractivity contribution is 9.10. The Morgan fingerprint density at radius 1 is 1.61 bits per heavy atom. The van der Waals surface area contributed by atoms with Crippen molar-refractivity contribution in [2.45, 2.75) is 18.9 Å². The summed E-state index contributed by atoms with van der Waals surface area (Å²) in [5.74, 6) is -0.452. The van der Waals surface area contributed by atoms with Crippen LogP contribution in [0, 0.1) is 5.82 Å². The summed E-state index contributed by atoms with van der Waals surface area (Å²) < 4.78 is 13.6. The molecule has 98 valence electrons. The van der Waals surface area contributed by atoms with Crippen LogP contribution in [0.4, 0.5) is 15.8 Å². The molecule has 1 aliphatic carbocycles. The quantitative estimate of drug-likeness (QED) is 0.834. The van der Waals surface area contributed by atoms with Gasteiger partial charge in [-0.15, -0.1) is 0 Å². The lowest BCUT2D eigenvalue weighted by Gasteiger charge is -2.21. The number of nitrogens with zero attached hydrogens (tertiary/aromatic N) is 1. The topological polar surface area (TPSA) is 58.4 Å². The number of anilines is 2. The zero-order valence-corrected chi connectivity index (χ0v) is 11.6. The first-order valence-electron chi connectivity index (χ1n) is 5.72. The van der Waals surface area contributed by atoms with Crippen LogP contribution in [-0.4, -0.2) is 25.5 Å². The van der Waals surface area contributed by atoms with E-state index in [4.69, 9.17) is 5.73 Å². The maximum Gasteiger partial charge on any atom is 0.239 e. The van der Waals surface area contributed by atoms with Gasteiger partial charge in [0.05, 0.1) is 22.4 Å². The average molecular weight is 316 g/mol. The Bertz CT molecular complexity index is 477. The van der Waals surface area contributed by atoms with Gasteiger partial charge < -0.3 is 16.0 Å². The third kappa shape index (κ3) is 3.13. The summed E-state index contributed by atoms with van der Waals surface area (Å²) in [5.41, 5.74) is 6.70.